The van der Waals surface area contributed by atoms with Crippen molar-refractivity contribution < 1.29 is 4.42 Å². The van der Waals surface area contributed by atoms with E-state index in [4.69, 9.17) is 4.42 Å². The van der Waals surface area contributed by atoms with Gasteiger partial charge in [-0.3, -0.25) is 4.90 Å². The summed E-state index contributed by atoms with van der Waals surface area (Å²) in [5.74, 6) is 1.05. The molecule has 0 bridgehead atoms. The lowest BCUT2D eigenvalue weighted by Gasteiger charge is -2.19. The zero-order valence-corrected chi connectivity index (χ0v) is 10.9. The molecule has 0 saturated heterocycles. The Kier molecular flexibility index (Phi) is 5.56. The monoisotopic (exact) mass is 224 g/mol. The molecule has 3 nitrogen and oxygen atoms in total. The molecule has 0 atom stereocenters. The Morgan fingerprint density at radius 1 is 1.44 bits per heavy atom. The molecule has 1 aromatic rings. The number of nitrogens with zero attached hydrogens (tertiary/aromatic N) is 1. The largest absolute Gasteiger partial charge is 0.468 e. The molecule has 92 valence electrons. The molecule has 1 rings (SSSR count). The highest BCUT2D eigenvalue weighted by Gasteiger charge is 2.07. The van der Waals surface area contributed by atoms with E-state index in [2.05, 4.69) is 44.1 Å². The van der Waals surface area contributed by atoms with Crippen molar-refractivity contribution in [1.82, 2.24) is 10.2 Å². The topological polar surface area (TPSA) is 28.4 Å². The number of rotatable bonds is 7. The van der Waals surface area contributed by atoms with Crippen LogP contribution >= 0.6 is 0 Å². The van der Waals surface area contributed by atoms with Gasteiger partial charge in [0.25, 0.3) is 0 Å². The normalized spacial score (nSPS) is 11.6. The van der Waals surface area contributed by atoms with E-state index in [1.807, 2.05) is 6.26 Å². The van der Waals surface area contributed by atoms with Crippen LogP contribution in [0.2, 0.25) is 0 Å². The third-order valence-corrected chi connectivity index (χ3v) is 2.75. The van der Waals surface area contributed by atoms with Crippen LogP contribution in [0.3, 0.4) is 0 Å². The summed E-state index contributed by atoms with van der Waals surface area (Å²) in [6.45, 7) is 9.39. The zero-order chi connectivity index (χ0) is 12.0. The molecule has 0 aromatic carbocycles. The smallest absolute Gasteiger partial charge is 0.118 e. The van der Waals surface area contributed by atoms with Crippen LogP contribution in [-0.2, 0) is 13.1 Å². The lowest BCUT2D eigenvalue weighted by molar-refractivity contribution is 0.244. The van der Waals surface area contributed by atoms with Crippen LogP contribution in [0.4, 0.5) is 0 Å². The minimum atomic E-state index is 0.548. The van der Waals surface area contributed by atoms with Gasteiger partial charge in [-0.2, -0.15) is 0 Å². The summed E-state index contributed by atoms with van der Waals surface area (Å²) in [5.41, 5.74) is 1.24. The first-order chi connectivity index (χ1) is 7.63. The van der Waals surface area contributed by atoms with Gasteiger partial charge in [0, 0.05) is 18.2 Å². The zero-order valence-electron chi connectivity index (χ0n) is 10.9. The summed E-state index contributed by atoms with van der Waals surface area (Å²) in [7, 11) is 2.11. The lowest BCUT2D eigenvalue weighted by Crippen LogP contribution is -2.25. The molecule has 0 unspecified atom stereocenters. The van der Waals surface area contributed by atoms with E-state index in [1.165, 1.54) is 12.0 Å². The van der Waals surface area contributed by atoms with E-state index in [9.17, 15) is 0 Å². The summed E-state index contributed by atoms with van der Waals surface area (Å²) in [6.07, 6.45) is 3.02. The third-order valence-electron chi connectivity index (χ3n) is 2.75. The van der Waals surface area contributed by atoms with Gasteiger partial charge >= 0.3 is 0 Å². The van der Waals surface area contributed by atoms with E-state index >= 15 is 0 Å². The maximum Gasteiger partial charge on any atom is 0.118 e. The molecular weight excluding hydrogens is 200 g/mol. The SMILES string of the molecule is CCCNCc1coc(CN(C)C(C)C)c1. The molecule has 3 heteroatoms. The Morgan fingerprint density at radius 3 is 2.81 bits per heavy atom. The number of nitrogens with one attached hydrogen (secondary N) is 1. The van der Waals surface area contributed by atoms with Crippen molar-refractivity contribution >= 4 is 0 Å². The van der Waals surface area contributed by atoms with Crippen LogP contribution in [0.5, 0.6) is 0 Å². The molecule has 0 spiro atoms. The molecule has 1 aromatic heterocycles. The van der Waals surface area contributed by atoms with Gasteiger partial charge in [0.1, 0.15) is 5.76 Å². The first-order valence-corrected chi connectivity index (χ1v) is 6.10. The van der Waals surface area contributed by atoms with Crippen LogP contribution in [0.15, 0.2) is 16.7 Å². The van der Waals surface area contributed by atoms with Crippen molar-refractivity contribution in [3.05, 3.63) is 23.7 Å². The summed E-state index contributed by atoms with van der Waals surface area (Å²) < 4.78 is 5.53. The highest BCUT2D eigenvalue weighted by Crippen LogP contribution is 2.11. The van der Waals surface area contributed by atoms with Crippen molar-refractivity contribution in [3.63, 3.8) is 0 Å². The lowest BCUT2D eigenvalue weighted by atomic mass is 10.2. The van der Waals surface area contributed by atoms with Crippen LogP contribution in [-0.4, -0.2) is 24.5 Å². The van der Waals surface area contributed by atoms with Crippen LogP contribution in [0, 0.1) is 0 Å². The van der Waals surface area contributed by atoms with Crippen LogP contribution in [0.25, 0.3) is 0 Å². The van der Waals surface area contributed by atoms with Gasteiger partial charge < -0.3 is 9.73 Å². The molecule has 0 radical (unpaired) electrons. The fraction of sp³-hybridized carbons (Fsp3) is 0.692. The Labute approximate surface area is 98.8 Å². The molecule has 16 heavy (non-hydrogen) atoms. The number of hydrogen-bond acceptors (Lipinski definition) is 3. The van der Waals surface area contributed by atoms with E-state index in [1.54, 1.807) is 0 Å². The second kappa shape index (κ2) is 6.71. The molecule has 0 aliphatic rings. The van der Waals surface area contributed by atoms with Gasteiger partial charge in [0.2, 0.25) is 0 Å². The summed E-state index contributed by atoms with van der Waals surface area (Å²) in [5, 5.41) is 3.37. The van der Waals surface area contributed by atoms with E-state index in [-0.39, 0.29) is 0 Å². The van der Waals surface area contributed by atoms with Gasteiger partial charge in [-0.1, -0.05) is 6.92 Å². The molecule has 1 N–H and O–H groups in total. The first kappa shape index (κ1) is 13.3. The van der Waals surface area contributed by atoms with Crippen molar-refractivity contribution in [2.24, 2.45) is 0 Å². The highest BCUT2D eigenvalue weighted by atomic mass is 16.3. The van der Waals surface area contributed by atoms with Gasteiger partial charge in [-0.05, 0) is 39.9 Å². The summed E-state index contributed by atoms with van der Waals surface area (Å²) in [6, 6.07) is 2.69. The predicted molar refractivity (Wildman–Crippen MR) is 67.3 cm³/mol. The molecular formula is C13H24N2O. The fourth-order valence-electron chi connectivity index (χ4n) is 1.44. The molecule has 0 aliphatic carbocycles. The second-order valence-electron chi connectivity index (χ2n) is 4.61. The molecule has 0 aliphatic heterocycles. The van der Waals surface area contributed by atoms with Crippen molar-refractivity contribution in [1.29, 1.82) is 0 Å². The maximum absolute atomic E-state index is 5.53. The molecule has 0 amide bonds. The highest BCUT2D eigenvalue weighted by molar-refractivity contribution is 5.12. The molecule has 1 heterocycles. The quantitative estimate of drug-likeness (QED) is 0.722. The Morgan fingerprint density at radius 2 is 2.19 bits per heavy atom. The van der Waals surface area contributed by atoms with Gasteiger partial charge in [-0.25, -0.2) is 0 Å². The second-order valence-corrected chi connectivity index (χ2v) is 4.61. The Balaban J connectivity index is 2.39. The van der Waals surface area contributed by atoms with Crippen LogP contribution in [0.1, 0.15) is 38.5 Å². The minimum Gasteiger partial charge on any atom is -0.468 e. The molecule has 0 fully saturated rings. The first-order valence-electron chi connectivity index (χ1n) is 6.10. The van der Waals surface area contributed by atoms with Gasteiger partial charge in [0.05, 0.1) is 12.8 Å². The van der Waals surface area contributed by atoms with E-state index in [0.29, 0.717) is 6.04 Å². The Hall–Kier alpha value is -0.800. The average molecular weight is 224 g/mol. The van der Waals surface area contributed by atoms with Crippen LogP contribution < -0.4 is 5.32 Å². The number of hydrogen-bond donors (Lipinski definition) is 1. The van der Waals surface area contributed by atoms with Crippen molar-refractivity contribution in [2.45, 2.75) is 46.3 Å². The maximum atomic E-state index is 5.53. The number of furan rings is 1. The standard InChI is InChI=1S/C13H24N2O/c1-5-6-14-8-12-7-13(16-10-12)9-15(4)11(2)3/h7,10-11,14H,5-6,8-9H2,1-4H3. The van der Waals surface area contributed by atoms with E-state index < -0.39 is 0 Å². The van der Waals surface area contributed by atoms with Crippen molar-refractivity contribution in [3.8, 4) is 0 Å². The fourth-order valence-corrected chi connectivity index (χ4v) is 1.44. The van der Waals surface area contributed by atoms with E-state index in [0.717, 1.165) is 25.4 Å². The predicted octanol–water partition coefficient (Wildman–Crippen LogP) is 2.62. The Bertz CT molecular complexity index is 294. The van der Waals surface area contributed by atoms with Gasteiger partial charge in [0.15, 0.2) is 0 Å². The summed E-state index contributed by atoms with van der Waals surface area (Å²) in [4.78, 5) is 2.27. The minimum absolute atomic E-state index is 0.548. The average Bonchev–Trinajstić information content (AvgIpc) is 2.66. The third kappa shape index (κ3) is 4.37. The van der Waals surface area contributed by atoms with Crippen molar-refractivity contribution in [2.75, 3.05) is 13.6 Å². The van der Waals surface area contributed by atoms with Gasteiger partial charge in [-0.15, -0.1) is 0 Å². The molecule has 0 saturated carbocycles. The summed E-state index contributed by atoms with van der Waals surface area (Å²) >= 11 is 0.